The topological polar surface area (TPSA) is 33.5 Å². The molecule has 0 N–H and O–H groups in total. The van der Waals surface area contributed by atoms with Crippen molar-refractivity contribution in [3.05, 3.63) is 192 Å². The Morgan fingerprint density at radius 1 is 0.500 bits per heavy atom. The standard InChI is InChI=1S/C61H60N4O/c1-39(2)49-20-10-11-21-52(49)43-33-46(64-38-63(56-26-14-15-27-57(56)64)45-19-16-18-42(32-45)60-50(40(3)4)23-17-24-51(60)41(5)6)36-48(34-43)66-47-28-29-54-53-22-12-13-25-55(53)65(58(54)37-47)59-35-44(30-31-62-59)61(7,8)9/h10-37,39-41H,38H2,1-9H3. The molecule has 0 unspecified atom stereocenters. The molecule has 0 saturated carbocycles. The molecule has 0 bridgehead atoms. The molecule has 1 aliphatic rings. The van der Waals surface area contributed by atoms with Gasteiger partial charge in [-0.05, 0) is 134 Å². The summed E-state index contributed by atoms with van der Waals surface area (Å²) in [4.78, 5) is 9.83. The third kappa shape index (κ3) is 7.81. The van der Waals surface area contributed by atoms with Gasteiger partial charge >= 0.3 is 0 Å². The lowest BCUT2D eigenvalue weighted by Crippen LogP contribution is -2.24. The molecule has 5 heteroatoms. The van der Waals surface area contributed by atoms with E-state index in [1.54, 1.807) is 0 Å². The van der Waals surface area contributed by atoms with Gasteiger partial charge in [-0.2, -0.15) is 0 Å². The van der Waals surface area contributed by atoms with Crippen molar-refractivity contribution >= 4 is 44.6 Å². The molecule has 0 spiro atoms. The minimum absolute atomic E-state index is 0.0181. The van der Waals surface area contributed by atoms with Crippen molar-refractivity contribution in [1.29, 1.82) is 0 Å². The van der Waals surface area contributed by atoms with Crippen molar-refractivity contribution in [3.63, 3.8) is 0 Å². The Balaban J connectivity index is 1.09. The Labute approximate surface area is 391 Å². The van der Waals surface area contributed by atoms with Crippen LogP contribution in [0.25, 0.3) is 49.9 Å². The van der Waals surface area contributed by atoms with E-state index in [0.717, 1.165) is 50.7 Å². The molecule has 330 valence electrons. The first-order valence-electron chi connectivity index (χ1n) is 23.6. The van der Waals surface area contributed by atoms with Crippen molar-refractivity contribution in [3.8, 4) is 39.6 Å². The van der Waals surface area contributed by atoms with Crippen molar-refractivity contribution in [1.82, 2.24) is 9.55 Å². The molecule has 2 aromatic heterocycles. The molecule has 5 nitrogen and oxygen atoms in total. The predicted octanol–water partition coefficient (Wildman–Crippen LogP) is 17.2. The van der Waals surface area contributed by atoms with Crippen molar-refractivity contribution < 1.29 is 4.74 Å². The van der Waals surface area contributed by atoms with Crippen LogP contribution in [0.1, 0.15) is 102 Å². The van der Waals surface area contributed by atoms with Crippen LogP contribution in [-0.4, -0.2) is 16.2 Å². The van der Waals surface area contributed by atoms with E-state index < -0.39 is 0 Å². The first-order valence-corrected chi connectivity index (χ1v) is 23.6. The zero-order valence-electron chi connectivity index (χ0n) is 39.8. The van der Waals surface area contributed by atoms with E-state index in [0.29, 0.717) is 24.4 Å². The second-order valence-electron chi connectivity index (χ2n) is 19.9. The van der Waals surface area contributed by atoms with E-state index in [1.165, 1.54) is 55.7 Å². The number of benzene rings is 7. The fourth-order valence-corrected chi connectivity index (χ4v) is 9.99. The molecule has 0 saturated heterocycles. The highest BCUT2D eigenvalue weighted by Gasteiger charge is 2.30. The normalized spacial score (nSPS) is 12.9. The summed E-state index contributed by atoms with van der Waals surface area (Å²) in [5, 5.41) is 2.34. The summed E-state index contributed by atoms with van der Waals surface area (Å²) in [6, 6.07) is 59.8. The van der Waals surface area contributed by atoms with E-state index >= 15 is 0 Å². The number of rotatable bonds is 10. The second kappa shape index (κ2) is 17.0. The van der Waals surface area contributed by atoms with Crippen LogP contribution in [0.2, 0.25) is 0 Å². The number of hydrogen-bond acceptors (Lipinski definition) is 4. The second-order valence-corrected chi connectivity index (χ2v) is 19.9. The van der Waals surface area contributed by atoms with Gasteiger partial charge in [-0.15, -0.1) is 0 Å². The van der Waals surface area contributed by atoms with E-state index in [4.69, 9.17) is 9.72 Å². The summed E-state index contributed by atoms with van der Waals surface area (Å²) in [7, 11) is 0. The molecule has 10 rings (SSSR count). The number of fused-ring (bicyclic) bond motifs is 4. The SMILES string of the molecule is CC(C)c1ccccc1-c1cc(Oc2ccc3c4ccccc4n(-c4cc(C(C)(C)C)ccn4)c3c2)cc(N2CN(c3cccc(-c4c(C(C)C)cccc4C(C)C)c3)c3ccccc32)c1. The zero-order chi connectivity index (χ0) is 45.9. The van der Waals surface area contributed by atoms with Crippen LogP contribution in [0.5, 0.6) is 11.5 Å². The summed E-state index contributed by atoms with van der Waals surface area (Å²) >= 11 is 0. The van der Waals surface area contributed by atoms with E-state index in [2.05, 4.69) is 240 Å². The molecule has 0 fully saturated rings. The van der Waals surface area contributed by atoms with Gasteiger partial charge in [0.2, 0.25) is 0 Å². The highest BCUT2D eigenvalue weighted by atomic mass is 16.5. The predicted molar refractivity (Wildman–Crippen MR) is 279 cm³/mol. The molecule has 9 aromatic rings. The number of pyridine rings is 1. The molecule has 0 atom stereocenters. The third-order valence-electron chi connectivity index (χ3n) is 13.4. The number of ether oxygens (including phenoxy) is 1. The Morgan fingerprint density at radius 3 is 1.85 bits per heavy atom. The quantitative estimate of drug-likeness (QED) is 0.137. The fraction of sp³-hybridized carbons (Fsp3) is 0.230. The van der Waals surface area contributed by atoms with E-state index in [1.807, 2.05) is 6.20 Å². The van der Waals surface area contributed by atoms with Gasteiger partial charge in [-0.1, -0.05) is 147 Å². The summed E-state index contributed by atoms with van der Waals surface area (Å²) < 4.78 is 9.35. The Hall–Kier alpha value is -7.11. The van der Waals surface area contributed by atoms with Crippen molar-refractivity contribution in [2.24, 2.45) is 0 Å². The maximum Gasteiger partial charge on any atom is 0.137 e. The number of nitrogens with zero attached hydrogens (tertiary/aromatic N) is 4. The van der Waals surface area contributed by atoms with Crippen molar-refractivity contribution in [2.45, 2.75) is 85.5 Å². The van der Waals surface area contributed by atoms with Crippen LogP contribution in [0.4, 0.5) is 22.7 Å². The van der Waals surface area contributed by atoms with Crippen LogP contribution < -0.4 is 14.5 Å². The molecule has 1 aliphatic heterocycles. The third-order valence-corrected chi connectivity index (χ3v) is 13.4. The minimum Gasteiger partial charge on any atom is -0.457 e. The monoisotopic (exact) mass is 864 g/mol. The van der Waals surface area contributed by atoms with Gasteiger partial charge in [0.25, 0.3) is 0 Å². The number of aromatic nitrogens is 2. The maximum absolute atomic E-state index is 7.07. The molecule has 0 aliphatic carbocycles. The smallest absolute Gasteiger partial charge is 0.137 e. The van der Waals surface area contributed by atoms with Crippen LogP contribution in [0, 0.1) is 0 Å². The van der Waals surface area contributed by atoms with Crippen LogP contribution in [0.3, 0.4) is 0 Å². The average Bonchev–Trinajstić information content (AvgIpc) is 3.87. The number of anilines is 4. The van der Waals surface area contributed by atoms with Gasteiger partial charge in [-0.25, -0.2) is 4.98 Å². The van der Waals surface area contributed by atoms with Crippen LogP contribution in [-0.2, 0) is 5.41 Å². The number of para-hydroxylation sites is 3. The molecular formula is C61H60N4O. The van der Waals surface area contributed by atoms with Gasteiger partial charge in [-0.3, -0.25) is 4.57 Å². The Kier molecular flexibility index (Phi) is 11.0. The maximum atomic E-state index is 7.07. The largest absolute Gasteiger partial charge is 0.457 e. The molecule has 0 amide bonds. The van der Waals surface area contributed by atoms with Gasteiger partial charge in [0.1, 0.15) is 24.0 Å². The lowest BCUT2D eigenvalue weighted by molar-refractivity contribution is 0.483. The summed E-state index contributed by atoms with van der Waals surface area (Å²) in [6.45, 7) is 21.1. The number of hydrogen-bond donors (Lipinski definition) is 0. The molecule has 3 heterocycles. The summed E-state index contributed by atoms with van der Waals surface area (Å²) in [6.07, 6.45) is 1.93. The lowest BCUT2D eigenvalue weighted by atomic mass is 9.85. The average molecular weight is 865 g/mol. The first-order chi connectivity index (χ1) is 31.8. The van der Waals surface area contributed by atoms with Crippen molar-refractivity contribution in [2.75, 3.05) is 16.5 Å². The Bertz CT molecular complexity index is 3230. The first kappa shape index (κ1) is 42.8. The molecular weight excluding hydrogens is 805 g/mol. The fourth-order valence-electron chi connectivity index (χ4n) is 9.99. The van der Waals surface area contributed by atoms with Crippen LogP contribution >= 0.6 is 0 Å². The summed E-state index contributed by atoms with van der Waals surface area (Å²) in [5.41, 5.74) is 17.0. The minimum atomic E-state index is -0.0181. The van der Waals surface area contributed by atoms with E-state index in [9.17, 15) is 0 Å². The van der Waals surface area contributed by atoms with Gasteiger partial charge in [0, 0.05) is 40.5 Å². The Morgan fingerprint density at radius 2 is 1.12 bits per heavy atom. The molecule has 7 aromatic carbocycles. The molecule has 0 radical (unpaired) electrons. The summed E-state index contributed by atoms with van der Waals surface area (Å²) in [5.74, 6) is 3.60. The van der Waals surface area contributed by atoms with E-state index in [-0.39, 0.29) is 5.41 Å². The highest BCUT2D eigenvalue weighted by molar-refractivity contribution is 6.09. The molecule has 66 heavy (non-hydrogen) atoms. The van der Waals surface area contributed by atoms with Gasteiger partial charge in [0.05, 0.1) is 22.4 Å². The highest BCUT2D eigenvalue weighted by Crippen LogP contribution is 2.48. The zero-order valence-corrected chi connectivity index (χ0v) is 39.8. The van der Waals surface area contributed by atoms with Gasteiger partial charge < -0.3 is 14.5 Å². The lowest BCUT2D eigenvalue weighted by Gasteiger charge is -2.25. The van der Waals surface area contributed by atoms with Gasteiger partial charge in [0.15, 0.2) is 0 Å². The van der Waals surface area contributed by atoms with Crippen LogP contribution in [0.15, 0.2) is 170 Å².